The summed E-state index contributed by atoms with van der Waals surface area (Å²) in [6, 6.07) is 12.9. The molecular weight excluding hydrogens is 358 g/mol. The van der Waals surface area contributed by atoms with Crippen molar-refractivity contribution in [1.29, 1.82) is 0 Å². The van der Waals surface area contributed by atoms with Crippen molar-refractivity contribution in [1.82, 2.24) is 9.78 Å². The molecule has 1 aliphatic heterocycles. The summed E-state index contributed by atoms with van der Waals surface area (Å²) >= 11 is 0. The van der Waals surface area contributed by atoms with Gasteiger partial charge in [-0.15, -0.1) is 0 Å². The van der Waals surface area contributed by atoms with Crippen LogP contribution in [-0.4, -0.2) is 34.3 Å². The van der Waals surface area contributed by atoms with Crippen LogP contribution < -0.4 is 4.90 Å². The summed E-state index contributed by atoms with van der Waals surface area (Å²) in [6.07, 6.45) is 5.29. The van der Waals surface area contributed by atoms with Crippen LogP contribution in [0.25, 0.3) is 0 Å². The first-order valence-corrected chi connectivity index (χ1v) is 9.25. The van der Waals surface area contributed by atoms with E-state index in [1.807, 2.05) is 37.3 Å². The molecule has 3 aromatic rings. The first-order valence-electron chi connectivity index (χ1n) is 9.25. The molecule has 7 nitrogen and oxygen atoms in total. The van der Waals surface area contributed by atoms with E-state index in [9.17, 15) is 9.59 Å². The fourth-order valence-electron chi connectivity index (χ4n) is 3.46. The minimum absolute atomic E-state index is 0.0605. The summed E-state index contributed by atoms with van der Waals surface area (Å²) in [5.41, 5.74) is 2.02. The van der Waals surface area contributed by atoms with Gasteiger partial charge in [-0.1, -0.05) is 18.2 Å². The number of amides is 1. The molecule has 0 spiro atoms. The van der Waals surface area contributed by atoms with Gasteiger partial charge in [-0.3, -0.25) is 9.48 Å². The molecule has 1 aromatic carbocycles. The lowest BCUT2D eigenvalue weighted by molar-refractivity contribution is -0.122. The molecule has 0 fully saturated rings. The van der Waals surface area contributed by atoms with Gasteiger partial charge < -0.3 is 14.1 Å². The topological polar surface area (TPSA) is 77.6 Å². The first kappa shape index (κ1) is 18.0. The van der Waals surface area contributed by atoms with Gasteiger partial charge in [-0.05, 0) is 49.6 Å². The van der Waals surface area contributed by atoms with Gasteiger partial charge in [-0.2, -0.15) is 5.10 Å². The van der Waals surface area contributed by atoms with Crippen molar-refractivity contribution in [2.24, 2.45) is 0 Å². The van der Waals surface area contributed by atoms with Crippen molar-refractivity contribution in [3.8, 4) is 0 Å². The molecule has 0 bridgehead atoms. The third-order valence-corrected chi connectivity index (χ3v) is 4.86. The Morgan fingerprint density at radius 2 is 2.07 bits per heavy atom. The van der Waals surface area contributed by atoms with E-state index in [-0.39, 0.29) is 24.3 Å². The Morgan fingerprint density at radius 1 is 1.21 bits per heavy atom. The predicted octanol–water partition coefficient (Wildman–Crippen LogP) is 3.05. The summed E-state index contributed by atoms with van der Waals surface area (Å²) in [5, 5.41) is 4.09. The van der Waals surface area contributed by atoms with E-state index in [0.717, 1.165) is 24.1 Å². The van der Waals surface area contributed by atoms with Crippen LogP contribution in [0.2, 0.25) is 0 Å². The average molecular weight is 379 g/mol. The molecular formula is C21H21N3O4. The van der Waals surface area contributed by atoms with Crippen molar-refractivity contribution in [3.05, 3.63) is 71.9 Å². The smallest absolute Gasteiger partial charge is 0.374 e. The van der Waals surface area contributed by atoms with Gasteiger partial charge in [0.2, 0.25) is 5.76 Å². The van der Waals surface area contributed by atoms with Crippen LogP contribution in [0.1, 0.15) is 35.2 Å². The number of aryl methyl sites for hydroxylation is 1. The highest BCUT2D eigenvalue weighted by atomic mass is 16.5. The lowest BCUT2D eigenvalue weighted by atomic mass is 9.96. The van der Waals surface area contributed by atoms with Crippen LogP contribution in [0, 0.1) is 0 Å². The number of benzene rings is 1. The molecule has 0 aliphatic carbocycles. The normalized spacial score (nSPS) is 15.9. The van der Waals surface area contributed by atoms with Gasteiger partial charge in [0.1, 0.15) is 5.76 Å². The van der Waals surface area contributed by atoms with Crippen molar-refractivity contribution < 1.29 is 18.7 Å². The van der Waals surface area contributed by atoms with Crippen molar-refractivity contribution >= 4 is 17.6 Å². The molecule has 2 aromatic heterocycles. The lowest BCUT2D eigenvalue weighted by Gasteiger charge is -2.35. The lowest BCUT2D eigenvalue weighted by Crippen LogP contribution is -2.44. The molecule has 144 valence electrons. The summed E-state index contributed by atoms with van der Waals surface area (Å²) in [5.74, 6) is -0.239. The zero-order valence-electron chi connectivity index (χ0n) is 15.6. The Bertz CT molecular complexity index is 977. The number of fused-ring (bicyclic) bond motifs is 1. The Hall–Kier alpha value is -3.35. The minimum Gasteiger partial charge on any atom is -0.452 e. The minimum atomic E-state index is -0.655. The number of aromatic nitrogens is 2. The van der Waals surface area contributed by atoms with Crippen molar-refractivity contribution in [2.75, 3.05) is 11.5 Å². The molecule has 1 unspecified atom stereocenters. The number of hydrogen-bond donors (Lipinski definition) is 0. The maximum absolute atomic E-state index is 12.7. The summed E-state index contributed by atoms with van der Waals surface area (Å²) in [7, 11) is 0. The Morgan fingerprint density at radius 3 is 2.89 bits per heavy atom. The zero-order valence-corrected chi connectivity index (χ0v) is 15.6. The first-order chi connectivity index (χ1) is 13.6. The average Bonchev–Trinajstić information content (AvgIpc) is 3.38. The molecule has 3 heterocycles. The van der Waals surface area contributed by atoms with Crippen LogP contribution in [0.4, 0.5) is 5.69 Å². The molecule has 0 radical (unpaired) electrons. The zero-order chi connectivity index (χ0) is 19.5. The number of esters is 1. The molecule has 1 atom stereocenters. The van der Waals surface area contributed by atoms with Gasteiger partial charge in [0.25, 0.3) is 5.91 Å². The van der Waals surface area contributed by atoms with Crippen LogP contribution in [0.5, 0.6) is 0 Å². The molecule has 1 aliphatic rings. The second-order valence-electron chi connectivity index (χ2n) is 6.83. The van der Waals surface area contributed by atoms with E-state index in [1.54, 1.807) is 34.1 Å². The number of ether oxygens (including phenoxy) is 1. The third kappa shape index (κ3) is 3.69. The van der Waals surface area contributed by atoms with Crippen LogP contribution in [0.3, 0.4) is 0 Å². The number of carbonyl (C=O) groups is 2. The second-order valence-corrected chi connectivity index (χ2v) is 6.83. The third-order valence-electron chi connectivity index (χ3n) is 4.86. The number of furan rings is 1. The van der Waals surface area contributed by atoms with Gasteiger partial charge in [0.15, 0.2) is 6.61 Å². The maximum Gasteiger partial charge on any atom is 0.374 e. The molecule has 1 amide bonds. The number of rotatable bonds is 5. The monoisotopic (exact) mass is 379 g/mol. The Balaban J connectivity index is 1.38. The van der Waals surface area contributed by atoms with E-state index >= 15 is 0 Å². The molecule has 4 rings (SSSR count). The van der Waals surface area contributed by atoms with E-state index in [2.05, 4.69) is 5.10 Å². The van der Waals surface area contributed by atoms with Crippen LogP contribution >= 0.6 is 0 Å². The molecule has 0 N–H and O–H groups in total. The van der Waals surface area contributed by atoms with E-state index in [0.29, 0.717) is 12.3 Å². The number of nitrogens with zero attached hydrogens (tertiary/aromatic N) is 3. The van der Waals surface area contributed by atoms with Gasteiger partial charge >= 0.3 is 5.97 Å². The number of para-hydroxylation sites is 1. The predicted molar refractivity (Wildman–Crippen MR) is 102 cm³/mol. The van der Waals surface area contributed by atoms with Gasteiger partial charge in [0.05, 0.1) is 6.54 Å². The fourth-order valence-corrected chi connectivity index (χ4v) is 3.46. The van der Waals surface area contributed by atoms with E-state index in [4.69, 9.17) is 9.15 Å². The van der Waals surface area contributed by atoms with Crippen LogP contribution in [-0.2, 0) is 22.5 Å². The summed E-state index contributed by atoms with van der Waals surface area (Å²) < 4.78 is 12.4. The standard InChI is InChI=1S/C21H21N3O4/c1-15-7-8-16-5-2-3-6-18(16)24(15)20(25)14-27-21(26)19-10-9-17(28-19)13-23-12-4-11-22-23/h2-6,9-12,15H,7-8,13-14H2,1H3. The quantitative estimate of drug-likeness (QED) is 0.637. The summed E-state index contributed by atoms with van der Waals surface area (Å²) in [6.45, 7) is 2.09. The van der Waals surface area contributed by atoms with Gasteiger partial charge in [0, 0.05) is 24.1 Å². The van der Waals surface area contributed by atoms with E-state index in [1.165, 1.54) is 0 Å². The molecule has 28 heavy (non-hydrogen) atoms. The van der Waals surface area contributed by atoms with Gasteiger partial charge in [-0.25, -0.2) is 4.79 Å². The fraction of sp³-hybridized carbons (Fsp3) is 0.286. The highest BCUT2D eigenvalue weighted by Gasteiger charge is 2.28. The molecule has 7 heteroatoms. The van der Waals surface area contributed by atoms with Crippen LogP contribution in [0.15, 0.2) is 59.3 Å². The molecule has 0 saturated heterocycles. The number of carbonyl (C=O) groups excluding carboxylic acids is 2. The highest BCUT2D eigenvalue weighted by Crippen LogP contribution is 2.30. The van der Waals surface area contributed by atoms with E-state index < -0.39 is 5.97 Å². The SMILES string of the molecule is CC1CCc2ccccc2N1C(=O)COC(=O)c1ccc(Cn2cccn2)o1. The van der Waals surface area contributed by atoms with Crippen molar-refractivity contribution in [2.45, 2.75) is 32.4 Å². The molecule has 0 saturated carbocycles. The Kier molecular flexibility index (Phi) is 4.97. The highest BCUT2D eigenvalue weighted by molar-refractivity contribution is 5.97. The number of anilines is 1. The largest absolute Gasteiger partial charge is 0.452 e. The van der Waals surface area contributed by atoms with Crippen molar-refractivity contribution in [3.63, 3.8) is 0 Å². The second kappa shape index (κ2) is 7.72. The number of hydrogen-bond acceptors (Lipinski definition) is 5. The summed E-state index contributed by atoms with van der Waals surface area (Å²) in [4.78, 5) is 26.7. The Labute approximate surface area is 162 Å². The maximum atomic E-state index is 12.7.